The van der Waals surface area contributed by atoms with Crippen LogP contribution in [0.5, 0.6) is 0 Å². The first-order valence-corrected chi connectivity index (χ1v) is 7.55. The van der Waals surface area contributed by atoms with E-state index in [0.29, 0.717) is 16.3 Å². The summed E-state index contributed by atoms with van der Waals surface area (Å²) in [5.41, 5.74) is 2.35. The van der Waals surface area contributed by atoms with Crippen molar-refractivity contribution >= 4 is 41.1 Å². The van der Waals surface area contributed by atoms with Crippen molar-refractivity contribution in [3.63, 3.8) is 0 Å². The summed E-state index contributed by atoms with van der Waals surface area (Å²) in [5.74, 6) is -0.402. The largest absolute Gasteiger partial charge is 0.402 e. The Hall–Kier alpha value is -2.92. The quantitative estimate of drug-likeness (QED) is 0.685. The van der Waals surface area contributed by atoms with Crippen LogP contribution in [-0.2, 0) is 14.3 Å². The predicted molar refractivity (Wildman–Crippen MR) is 92.8 cm³/mol. The van der Waals surface area contributed by atoms with Gasteiger partial charge in [-0.2, -0.15) is 0 Å². The molecule has 2 aromatic carbocycles. The highest BCUT2D eigenvalue weighted by Crippen LogP contribution is 2.21. The van der Waals surface area contributed by atoms with E-state index in [4.69, 9.17) is 16.3 Å². The van der Waals surface area contributed by atoms with E-state index in [1.54, 1.807) is 54.6 Å². The van der Waals surface area contributed by atoms with Crippen LogP contribution in [0, 0.1) is 0 Å². The molecule has 1 heterocycles. The first-order valence-electron chi connectivity index (χ1n) is 7.17. The van der Waals surface area contributed by atoms with Gasteiger partial charge in [0, 0.05) is 23.2 Å². The lowest BCUT2D eigenvalue weighted by atomic mass is 10.1. The van der Waals surface area contributed by atoms with Gasteiger partial charge in [-0.3, -0.25) is 4.79 Å². The van der Waals surface area contributed by atoms with Gasteiger partial charge in [0.15, 0.2) is 5.70 Å². The summed E-state index contributed by atoms with van der Waals surface area (Å²) in [6.07, 6.45) is 1.63. The number of hydrogen-bond acceptors (Lipinski definition) is 4. The molecule has 0 saturated carbocycles. The zero-order chi connectivity index (χ0) is 17.1. The Kier molecular flexibility index (Phi) is 4.44. The highest BCUT2D eigenvalue weighted by Gasteiger charge is 2.23. The fourth-order valence-corrected chi connectivity index (χ4v) is 2.27. The number of benzene rings is 2. The Morgan fingerprint density at radius 3 is 2.42 bits per heavy atom. The molecule has 0 atom stereocenters. The standard InChI is InChI=1S/C18H13ClN2O3/c1-11(22)20-15-8-2-12(3-9-15)10-16-18(23)24-17(21-16)13-4-6-14(19)7-5-13/h2-10H,1H3,(H,20,22). The van der Waals surface area contributed by atoms with E-state index in [2.05, 4.69) is 10.3 Å². The first kappa shape index (κ1) is 16.0. The minimum Gasteiger partial charge on any atom is -0.402 e. The van der Waals surface area contributed by atoms with E-state index in [1.165, 1.54) is 6.92 Å². The number of carbonyl (C=O) groups excluding carboxylic acids is 2. The monoisotopic (exact) mass is 340 g/mol. The Bertz CT molecular complexity index is 853. The van der Waals surface area contributed by atoms with Gasteiger partial charge in [0.05, 0.1) is 0 Å². The maximum Gasteiger partial charge on any atom is 0.363 e. The van der Waals surface area contributed by atoms with E-state index >= 15 is 0 Å². The molecule has 1 amide bonds. The Morgan fingerprint density at radius 1 is 1.12 bits per heavy atom. The number of amides is 1. The summed E-state index contributed by atoms with van der Waals surface area (Å²) in [5, 5.41) is 3.27. The number of carbonyl (C=O) groups is 2. The average molecular weight is 341 g/mol. The molecule has 0 saturated heterocycles. The second-order valence-corrected chi connectivity index (χ2v) is 5.58. The lowest BCUT2D eigenvalue weighted by Gasteiger charge is -2.01. The third-order valence-corrected chi connectivity index (χ3v) is 3.50. The van der Waals surface area contributed by atoms with Crippen LogP contribution in [-0.4, -0.2) is 17.8 Å². The van der Waals surface area contributed by atoms with Crippen LogP contribution in [0.4, 0.5) is 5.69 Å². The van der Waals surface area contributed by atoms with E-state index in [9.17, 15) is 9.59 Å². The second-order valence-electron chi connectivity index (χ2n) is 5.15. The molecule has 0 aromatic heterocycles. The molecule has 0 fully saturated rings. The van der Waals surface area contributed by atoms with Crippen LogP contribution in [0.25, 0.3) is 6.08 Å². The van der Waals surface area contributed by atoms with E-state index in [0.717, 1.165) is 5.56 Å². The van der Waals surface area contributed by atoms with Crippen molar-refractivity contribution in [3.05, 3.63) is 70.4 Å². The van der Waals surface area contributed by atoms with E-state index < -0.39 is 5.97 Å². The van der Waals surface area contributed by atoms with E-state index in [1.807, 2.05) is 0 Å². The number of halogens is 1. The molecule has 5 nitrogen and oxygen atoms in total. The number of anilines is 1. The molecule has 3 rings (SSSR count). The lowest BCUT2D eigenvalue weighted by Crippen LogP contribution is -2.05. The minimum atomic E-state index is -0.508. The zero-order valence-electron chi connectivity index (χ0n) is 12.7. The summed E-state index contributed by atoms with van der Waals surface area (Å²) in [6.45, 7) is 1.44. The molecule has 24 heavy (non-hydrogen) atoms. The van der Waals surface area contributed by atoms with Crippen molar-refractivity contribution in [2.75, 3.05) is 5.32 Å². The maximum atomic E-state index is 12.0. The number of esters is 1. The zero-order valence-corrected chi connectivity index (χ0v) is 13.5. The topological polar surface area (TPSA) is 67.8 Å². The van der Waals surface area contributed by atoms with E-state index in [-0.39, 0.29) is 17.5 Å². The Balaban J connectivity index is 1.83. The molecule has 0 aliphatic carbocycles. The molecule has 120 valence electrons. The second kappa shape index (κ2) is 6.68. The molecule has 2 aromatic rings. The van der Waals surface area contributed by atoms with Crippen molar-refractivity contribution in [3.8, 4) is 0 Å². The third-order valence-electron chi connectivity index (χ3n) is 3.25. The van der Waals surface area contributed by atoms with Gasteiger partial charge >= 0.3 is 5.97 Å². The summed E-state index contributed by atoms with van der Waals surface area (Å²) in [6, 6.07) is 13.9. The van der Waals surface area contributed by atoms with Crippen LogP contribution in [0.2, 0.25) is 5.02 Å². The van der Waals surface area contributed by atoms with Crippen molar-refractivity contribution in [2.24, 2.45) is 4.99 Å². The van der Waals surface area contributed by atoms with Crippen LogP contribution < -0.4 is 5.32 Å². The Morgan fingerprint density at radius 2 is 1.79 bits per heavy atom. The summed E-state index contributed by atoms with van der Waals surface area (Å²) < 4.78 is 5.19. The van der Waals surface area contributed by atoms with Gasteiger partial charge in [0.2, 0.25) is 11.8 Å². The molecule has 1 N–H and O–H groups in total. The van der Waals surface area contributed by atoms with Gasteiger partial charge in [0.1, 0.15) is 0 Å². The molecule has 0 radical (unpaired) electrons. The molecule has 0 spiro atoms. The smallest absolute Gasteiger partial charge is 0.363 e. The van der Waals surface area contributed by atoms with Crippen molar-refractivity contribution in [1.82, 2.24) is 0 Å². The van der Waals surface area contributed by atoms with Crippen molar-refractivity contribution in [2.45, 2.75) is 6.92 Å². The fourth-order valence-electron chi connectivity index (χ4n) is 2.15. The summed E-state index contributed by atoms with van der Waals surface area (Å²) >= 11 is 5.84. The number of cyclic esters (lactones) is 1. The van der Waals surface area contributed by atoms with Gasteiger partial charge in [-0.25, -0.2) is 9.79 Å². The number of nitrogens with one attached hydrogen (secondary N) is 1. The fraction of sp³-hybridized carbons (Fsp3) is 0.0556. The first-order chi connectivity index (χ1) is 11.5. The number of ether oxygens (including phenoxy) is 1. The minimum absolute atomic E-state index is 0.141. The molecule has 6 heteroatoms. The number of aliphatic imine (C=N–C) groups is 1. The molecular weight excluding hydrogens is 328 g/mol. The summed E-state index contributed by atoms with van der Waals surface area (Å²) in [4.78, 5) is 27.2. The van der Waals surface area contributed by atoms with Gasteiger partial charge in [-0.15, -0.1) is 0 Å². The molecule has 0 bridgehead atoms. The normalized spacial score (nSPS) is 15.2. The number of rotatable bonds is 3. The van der Waals surface area contributed by atoms with Crippen LogP contribution in [0.1, 0.15) is 18.1 Å². The molecule has 0 unspecified atom stereocenters. The number of hydrogen-bond donors (Lipinski definition) is 1. The highest BCUT2D eigenvalue weighted by molar-refractivity contribution is 6.30. The van der Waals surface area contributed by atoms with Crippen LogP contribution >= 0.6 is 11.6 Å². The van der Waals surface area contributed by atoms with Gasteiger partial charge in [-0.05, 0) is 48.0 Å². The SMILES string of the molecule is CC(=O)Nc1ccc(C=C2N=C(c3ccc(Cl)cc3)OC2=O)cc1. The molecule has 1 aliphatic heterocycles. The van der Waals surface area contributed by atoms with Gasteiger partial charge in [0.25, 0.3) is 0 Å². The Labute approximate surface area is 143 Å². The van der Waals surface area contributed by atoms with Crippen LogP contribution in [0.15, 0.2) is 59.2 Å². The van der Waals surface area contributed by atoms with Crippen LogP contribution in [0.3, 0.4) is 0 Å². The molecular formula is C18H13ClN2O3. The number of nitrogens with zero attached hydrogens (tertiary/aromatic N) is 1. The molecule has 1 aliphatic rings. The van der Waals surface area contributed by atoms with Crippen molar-refractivity contribution in [1.29, 1.82) is 0 Å². The van der Waals surface area contributed by atoms with Gasteiger partial charge in [-0.1, -0.05) is 23.7 Å². The third kappa shape index (κ3) is 3.70. The predicted octanol–water partition coefficient (Wildman–Crippen LogP) is 3.64. The summed E-state index contributed by atoms with van der Waals surface area (Å²) in [7, 11) is 0. The lowest BCUT2D eigenvalue weighted by molar-refractivity contribution is -0.129. The highest BCUT2D eigenvalue weighted by atomic mass is 35.5. The average Bonchev–Trinajstić information content (AvgIpc) is 2.90. The van der Waals surface area contributed by atoms with Crippen molar-refractivity contribution < 1.29 is 14.3 Å². The maximum absolute atomic E-state index is 12.0. The van der Waals surface area contributed by atoms with Gasteiger partial charge < -0.3 is 10.1 Å².